The molecule has 1 aromatic rings. The highest BCUT2D eigenvalue weighted by atomic mass is 16.6. The van der Waals surface area contributed by atoms with Crippen molar-refractivity contribution >= 4 is 18.1 Å². The Morgan fingerprint density at radius 2 is 1.87 bits per heavy atom. The zero-order valence-corrected chi connectivity index (χ0v) is 13.5. The molecule has 1 saturated heterocycles. The van der Waals surface area contributed by atoms with Gasteiger partial charge in [0.05, 0.1) is 13.7 Å². The highest BCUT2D eigenvalue weighted by molar-refractivity contribution is 5.92. The molecule has 0 saturated carbocycles. The van der Waals surface area contributed by atoms with Crippen LogP contribution in [0, 0.1) is 0 Å². The Morgan fingerprint density at radius 1 is 1.17 bits per heavy atom. The molecule has 6 heteroatoms. The minimum atomic E-state index is -0.313. The molecule has 1 aliphatic rings. The molecule has 6 nitrogen and oxygen atoms in total. The third kappa shape index (κ3) is 4.74. The normalized spacial score (nSPS) is 14.9. The summed E-state index contributed by atoms with van der Waals surface area (Å²) in [5.41, 5.74) is 0.905. The van der Waals surface area contributed by atoms with E-state index in [2.05, 4.69) is 0 Å². The van der Waals surface area contributed by atoms with E-state index in [0.717, 1.165) is 11.3 Å². The number of carbonyl (C=O) groups excluding carboxylic acids is 2. The second-order valence-electron chi connectivity index (χ2n) is 5.12. The maximum absolute atomic E-state index is 12.2. The number of ether oxygens (including phenoxy) is 2. The number of hydrogen-bond acceptors (Lipinski definition) is 4. The first-order chi connectivity index (χ1) is 11.1. The predicted molar refractivity (Wildman–Crippen MR) is 87.2 cm³/mol. The fourth-order valence-electron chi connectivity index (χ4n) is 2.34. The summed E-state index contributed by atoms with van der Waals surface area (Å²) in [5, 5.41) is 0. The molecular formula is C17H22N2O4. The molecule has 124 valence electrons. The maximum atomic E-state index is 12.2. The molecule has 2 amide bonds. The standard InChI is InChI=1S/C17H22N2O4/c1-3-23-17(21)19-11-9-18(10-12-19)16(20)8-7-14-5-4-6-15(13-14)22-2/h4-8,13H,3,9-12H2,1-2H3. The van der Waals surface area contributed by atoms with Gasteiger partial charge in [0.25, 0.3) is 0 Å². The summed E-state index contributed by atoms with van der Waals surface area (Å²) >= 11 is 0. The molecule has 0 aromatic heterocycles. The molecule has 0 atom stereocenters. The highest BCUT2D eigenvalue weighted by Gasteiger charge is 2.23. The minimum Gasteiger partial charge on any atom is -0.497 e. The van der Waals surface area contributed by atoms with Gasteiger partial charge in [-0.2, -0.15) is 0 Å². The summed E-state index contributed by atoms with van der Waals surface area (Å²) in [7, 11) is 1.61. The fourth-order valence-corrected chi connectivity index (χ4v) is 2.34. The highest BCUT2D eigenvalue weighted by Crippen LogP contribution is 2.14. The SMILES string of the molecule is CCOC(=O)N1CCN(C(=O)C=Cc2cccc(OC)c2)CC1. The molecule has 1 aliphatic heterocycles. The molecule has 0 N–H and O–H groups in total. The van der Waals surface area contributed by atoms with Crippen LogP contribution in [-0.4, -0.2) is 61.7 Å². The minimum absolute atomic E-state index is 0.0590. The first-order valence-corrected chi connectivity index (χ1v) is 7.66. The van der Waals surface area contributed by atoms with Gasteiger partial charge in [-0.1, -0.05) is 12.1 Å². The van der Waals surface area contributed by atoms with Crippen molar-refractivity contribution in [1.82, 2.24) is 9.80 Å². The van der Waals surface area contributed by atoms with Crippen LogP contribution in [0.4, 0.5) is 4.79 Å². The zero-order chi connectivity index (χ0) is 16.7. The monoisotopic (exact) mass is 318 g/mol. The van der Waals surface area contributed by atoms with Crippen molar-refractivity contribution in [2.24, 2.45) is 0 Å². The number of carbonyl (C=O) groups is 2. The lowest BCUT2D eigenvalue weighted by atomic mass is 10.2. The number of amides is 2. The van der Waals surface area contributed by atoms with E-state index in [1.165, 1.54) is 0 Å². The second kappa shape index (κ2) is 8.22. The average molecular weight is 318 g/mol. The molecule has 0 spiro atoms. The summed E-state index contributed by atoms with van der Waals surface area (Å²) in [5.74, 6) is 0.693. The lowest BCUT2D eigenvalue weighted by Gasteiger charge is -2.33. The molecule has 23 heavy (non-hydrogen) atoms. The first kappa shape index (κ1) is 16.9. The van der Waals surface area contributed by atoms with Crippen molar-refractivity contribution in [2.75, 3.05) is 39.9 Å². The van der Waals surface area contributed by atoms with Crippen LogP contribution in [0.5, 0.6) is 5.75 Å². The van der Waals surface area contributed by atoms with E-state index in [1.807, 2.05) is 24.3 Å². The summed E-state index contributed by atoms with van der Waals surface area (Å²) in [4.78, 5) is 27.2. The lowest BCUT2D eigenvalue weighted by molar-refractivity contribution is -0.127. The van der Waals surface area contributed by atoms with Crippen molar-refractivity contribution in [3.63, 3.8) is 0 Å². The average Bonchev–Trinajstić information content (AvgIpc) is 2.60. The van der Waals surface area contributed by atoms with Crippen LogP contribution in [0.1, 0.15) is 12.5 Å². The van der Waals surface area contributed by atoms with Crippen LogP contribution in [0.3, 0.4) is 0 Å². The third-order valence-electron chi connectivity index (χ3n) is 3.63. The number of methoxy groups -OCH3 is 1. The largest absolute Gasteiger partial charge is 0.497 e. The zero-order valence-electron chi connectivity index (χ0n) is 13.5. The van der Waals surface area contributed by atoms with Gasteiger partial charge in [-0.05, 0) is 30.7 Å². The van der Waals surface area contributed by atoms with Crippen LogP contribution in [-0.2, 0) is 9.53 Å². The third-order valence-corrected chi connectivity index (χ3v) is 3.63. The van der Waals surface area contributed by atoms with E-state index in [-0.39, 0.29) is 12.0 Å². The summed E-state index contributed by atoms with van der Waals surface area (Å²) in [6, 6.07) is 7.50. The van der Waals surface area contributed by atoms with Gasteiger partial charge >= 0.3 is 6.09 Å². The smallest absolute Gasteiger partial charge is 0.409 e. The first-order valence-electron chi connectivity index (χ1n) is 7.66. The quantitative estimate of drug-likeness (QED) is 0.797. The molecule has 1 fully saturated rings. The van der Waals surface area contributed by atoms with E-state index in [0.29, 0.717) is 32.8 Å². The van der Waals surface area contributed by atoms with Crippen LogP contribution in [0.25, 0.3) is 6.08 Å². The van der Waals surface area contributed by atoms with Gasteiger partial charge in [0.15, 0.2) is 0 Å². The number of hydrogen-bond donors (Lipinski definition) is 0. The van der Waals surface area contributed by atoms with Gasteiger partial charge < -0.3 is 19.3 Å². The summed E-state index contributed by atoms with van der Waals surface area (Å²) in [6.45, 7) is 4.16. The van der Waals surface area contributed by atoms with Crippen molar-refractivity contribution in [2.45, 2.75) is 6.92 Å². The molecule has 1 heterocycles. The van der Waals surface area contributed by atoms with Gasteiger partial charge in [0.1, 0.15) is 5.75 Å². The van der Waals surface area contributed by atoms with E-state index < -0.39 is 0 Å². The number of benzene rings is 1. The Morgan fingerprint density at radius 3 is 2.52 bits per heavy atom. The van der Waals surface area contributed by atoms with E-state index in [4.69, 9.17) is 9.47 Å². The van der Waals surface area contributed by atoms with Gasteiger partial charge in [-0.25, -0.2) is 4.79 Å². The van der Waals surface area contributed by atoms with Crippen molar-refractivity contribution < 1.29 is 19.1 Å². The fraction of sp³-hybridized carbons (Fsp3) is 0.412. The predicted octanol–water partition coefficient (Wildman–Crippen LogP) is 2.01. The number of rotatable bonds is 4. The molecular weight excluding hydrogens is 296 g/mol. The molecule has 0 bridgehead atoms. The van der Waals surface area contributed by atoms with Gasteiger partial charge in [-0.3, -0.25) is 4.79 Å². The Kier molecular flexibility index (Phi) is 6.02. The second-order valence-corrected chi connectivity index (χ2v) is 5.12. The van der Waals surface area contributed by atoms with Gasteiger partial charge in [0.2, 0.25) is 5.91 Å². The number of nitrogens with zero attached hydrogens (tertiary/aromatic N) is 2. The van der Waals surface area contributed by atoms with Crippen LogP contribution >= 0.6 is 0 Å². The molecule has 1 aromatic carbocycles. The van der Waals surface area contributed by atoms with Crippen LogP contribution in [0.15, 0.2) is 30.3 Å². The Hall–Kier alpha value is -2.50. The molecule has 0 radical (unpaired) electrons. The van der Waals surface area contributed by atoms with Crippen molar-refractivity contribution in [3.8, 4) is 5.75 Å². The molecule has 0 aliphatic carbocycles. The van der Waals surface area contributed by atoms with Gasteiger partial charge in [-0.15, -0.1) is 0 Å². The van der Waals surface area contributed by atoms with E-state index in [1.54, 1.807) is 36.0 Å². The van der Waals surface area contributed by atoms with E-state index >= 15 is 0 Å². The Labute approximate surface area is 136 Å². The van der Waals surface area contributed by atoms with Crippen molar-refractivity contribution in [3.05, 3.63) is 35.9 Å². The molecule has 2 rings (SSSR count). The number of piperazine rings is 1. The van der Waals surface area contributed by atoms with Crippen molar-refractivity contribution in [1.29, 1.82) is 0 Å². The lowest BCUT2D eigenvalue weighted by Crippen LogP contribution is -2.50. The Balaban J connectivity index is 1.87. The maximum Gasteiger partial charge on any atom is 0.409 e. The summed E-state index contributed by atoms with van der Waals surface area (Å²) in [6.07, 6.45) is 3.00. The van der Waals surface area contributed by atoms with Crippen LogP contribution < -0.4 is 4.74 Å². The van der Waals surface area contributed by atoms with E-state index in [9.17, 15) is 9.59 Å². The van der Waals surface area contributed by atoms with Gasteiger partial charge in [0, 0.05) is 32.3 Å². The summed E-state index contributed by atoms with van der Waals surface area (Å²) < 4.78 is 10.1. The Bertz CT molecular complexity index is 578. The topological polar surface area (TPSA) is 59.1 Å². The van der Waals surface area contributed by atoms with Crippen LogP contribution in [0.2, 0.25) is 0 Å². The molecule has 0 unspecified atom stereocenters.